The summed E-state index contributed by atoms with van der Waals surface area (Å²) in [6, 6.07) is 10.8. The fraction of sp³-hybridized carbons (Fsp3) is 0.250. The SMILES string of the molecule is O=C(Nc1nc(-c2ccccc2Cl)cs1)C1CCN(C(=O)c2ccco2)CC1. The first-order chi connectivity index (χ1) is 13.6. The van der Waals surface area contributed by atoms with Crippen molar-refractivity contribution < 1.29 is 14.0 Å². The number of carbonyl (C=O) groups excluding carboxylic acids is 2. The lowest BCUT2D eigenvalue weighted by atomic mass is 9.96. The van der Waals surface area contributed by atoms with E-state index in [1.54, 1.807) is 17.0 Å². The Balaban J connectivity index is 1.34. The Bertz CT molecular complexity index is 978. The van der Waals surface area contributed by atoms with Crippen LogP contribution in [0.25, 0.3) is 11.3 Å². The maximum absolute atomic E-state index is 12.6. The monoisotopic (exact) mass is 415 g/mol. The van der Waals surface area contributed by atoms with Gasteiger partial charge >= 0.3 is 0 Å². The normalized spacial score (nSPS) is 14.8. The summed E-state index contributed by atoms with van der Waals surface area (Å²) < 4.78 is 5.16. The third-order valence-electron chi connectivity index (χ3n) is 4.77. The van der Waals surface area contributed by atoms with Gasteiger partial charge in [-0.05, 0) is 31.0 Å². The number of carbonyl (C=O) groups is 2. The molecule has 6 nitrogen and oxygen atoms in total. The Labute approximate surface area is 171 Å². The second-order valence-corrected chi connectivity index (χ2v) is 7.82. The summed E-state index contributed by atoms with van der Waals surface area (Å²) >= 11 is 7.58. The Morgan fingerprint density at radius 2 is 1.96 bits per heavy atom. The summed E-state index contributed by atoms with van der Waals surface area (Å²) in [5, 5.41) is 5.95. The van der Waals surface area contributed by atoms with Gasteiger partial charge in [0.05, 0.1) is 12.0 Å². The molecular weight excluding hydrogens is 398 g/mol. The molecular formula is C20H18ClN3O3S. The van der Waals surface area contributed by atoms with Crippen LogP contribution < -0.4 is 5.32 Å². The van der Waals surface area contributed by atoms with Gasteiger partial charge in [0.1, 0.15) is 0 Å². The maximum Gasteiger partial charge on any atom is 0.289 e. The number of furan rings is 1. The summed E-state index contributed by atoms with van der Waals surface area (Å²) in [6.45, 7) is 1.06. The van der Waals surface area contributed by atoms with Crippen molar-refractivity contribution in [1.82, 2.24) is 9.88 Å². The highest BCUT2D eigenvalue weighted by atomic mass is 35.5. The fourth-order valence-corrected chi connectivity index (χ4v) is 4.18. The van der Waals surface area contributed by atoms with E-state index in [0.29, 0.717) is 41.8 Å². The van der Waals surface area contributed by atoms with Gasteiger partial charge in [0.2, 0.25) is 5.91 Å². The van der Waals surface area contributed by atoms with Gasteiger partial charge in [-0.2, -0.15) is 0 Å². The number of hydrogen-bond donors (Lipinski definition) is 1. The predicted octanol–water partition coefficient (Wildman–Crippen LogP) is 4.55. The number of rotatable bonds is 4. The molecule has 0 unspecified atom stereocenters. The van der Waals surface area contributed by atoms with Gasteiger partial charge in [-0.25, -0.2) is 4.98 Å². The molecule has 1 aliphatic heterocycles. The average molecular weight is 416 g/mol. The van der Waals surface area contributed by atoms with Gasteiger partial charge < -0.3 is 14.6 Å². The van der Waals surface area contributed by atoms with Crippen LogP contribution in [0.15, 0.2) is 52.5 Å². The van der Waals surface area contributed by atoms with E-state index in [0.717, 1.165) is 11.3 Å². The third-order valence-corrected chi connectivity index (χ3v) is 5.86. The van der Waals surface area contributed by atoms with Crippen molar-refractivity contribution in [3.05, 3.63) is 58.8 Å². The second-order valence-electron chi connectivity index (χ2n) is 6.55. The number of piperidine rings is 1. The lowest BCUT2D eigenvalue weighted by molar-refractivity contribution is -0.121. The summed E-state index contributed by atoms with van der Waals surface area (Å²) in [7, 11) is 0. The molecule has 1 N–H and O–H groups in total. The average Bonchev–Trinajstić information content (AvgIpc) is 3.40. The number of benzene rings is 1. The van der Waals surface area contributed by atoms with Gasteiger partial charge in [-0.1, -0.05) is 29.8 Å². The van der Waals surface area contributed by atoms with E-state index in [4.69, 9.17) is 16.0 Å². The first-order valence-corrected chi connectivity index (χ1v) is 10.2. The largest absolute Gasteiger partial charge is 0.459 e. The van der Waals surface area contributed by atoms with Gasteiger partial charge in [0.25, 0.3) is 5.91 Å². The molecule has 2 amide bonds. The molecule has 1 aromatic carbocycles. The number of nitrogens with zero attached hydrogens (tertiary/aromatic N) is 2. The first-order valence-electron chi connectivity index (χ1n) is 8.96. The van der Waals surface area contributed by atoms with Crippen LogP contribution >= 0.6 is 22.9 Å². The minimum Gasteiger partial charge on any atom is -0.459 e. The smallest absolute Gasteiger partial charge is 0.289 e. The molecule has 144 valence electrons. The minimum atomic E-state index is -0.145. The number of hydrogen-bond acceptors (Lipinski definition) is 5. The molecule has 28 heavy (non-hydrogen) atoms. The molecule has 4 rings (SSSR count). The quantitative estimate of drug-likeness (QED) is 0.678. The van der Waals surface area contributed by atoms with Gasteiger partial charge in [0.15, 0.2) is 10.9 Å². The lowest BCUT2D eigenvalue weighted by Gasteiger charge is -2.30. The minimum absolute atomic E-state index is 0.0647. The molecule has 0 bridgehead atoms. The molecule has 1 fully saturated rings. The van der Waals surface area contributed by atoms with Crippen LogP contribution in [0.4, 0.5) is 5.13 Å². The highest BCUT2D eigenvalue weighted by Gasteiger charge is 2.29. The lowest BCUT2D eigenvalue weighted by Crippen LogP contribution is -2.41. The highest BCUT2D eigenvalue weighted by Crippen LogP contribution is 2.31. The van der Waals surface area contributed by atoms with Crippen LogP contribution in [0.5, 0.6) is 0 Å². The van der Waals surface area contributed by atoms with Crippen LogP contribution in [0, 0.1) is 5.92 Å². The number of nitrogens with one attached hydrogen (secondary N) is 1. The summed E-state index contributed by atoms with van der Waals surface area (Å²) in [5.41, 5.74) is 1.58. The van der Waals surface area contributed by atoms with E-state index in [1.807, 2.05) is 29.6 Å². The van der Waals surface area contributed by atoms with E-state index in [-0.39, 0.29) is 17.7 Å². The number of amides is 2. The Morgan fingerprint density at radius 1 is 1.18 bits per heavy atom. The van der Waals surface area contributed by atoms with Crippen molar-refractivity contribution in [3.8, 4) is 11.3 Å². The van der Waals surface area contributed by atoms with Crippen molar-refractivity contribution in [2.45, 2.75) is 12.8 Å². The highest BCUT2D eigenvalue weighted by molar-refractivity contribution is 7.14. The Hall–Kier alpha value is -2.64. The molecule has 0 saturated carbocycles. The van der Waals surface area contributed by atoms with Crippen LogP contribution in [0.1, 0.15) is 23.4 Å². The van der Waals surface area contributed by atoms with E-state index in [9.17, 15) is 9.59 Å². The van der Waals surface area contributed by atoms with Crippen LogP contribution in [-0.4, -0.2) is 34.8 Å². The summed E-state index contributed by atoms with van der Waals surface area (Å²) in [6.07, 6.45) is 2.71. The zero-order valence-electron chi connectivity index (χ0n) is 14.9. The zero-order valence-corrected chi connectivity index (χ0v) is 16.5. The molecule has 3 aromatic rings. The number of aromatic nitrogens is 1. The molecule has 8 heteroatoms. The van der Waals surface area contributed by atoms with Crippen molar-refractivity contribution in [2.24, 2.45) is 5.92 Å². The van der Waals surface area contributed by atoms with Gasteiger partial charge in [-0.15, -0.1) is 11.3 Å². The Kier molecular flexibility index (Phi) is 5.45. The number of thiazole rings is 1. The molecule has 1 aliphatic rings. The van der Waals surface area contributed by atoms with E-state index >= 15 is 0 Å². The molecule has 1 saturated heterocycles. The summed E-state index contributed by atoms with van der Waals surface area (Å²) in [5.74, 6) is -0.00979. The predicted molar refractivity (Wildman–Crippen MR) is 109 cm³/mol. The van der Waals surface area contributed by atoms with Gasteiger partial charge in [0, 0.05) is 35.0 Å². The van der Waals surface area contributed by atoms with Gasteiger partial charge in [-0.3, -0.25) is 9.59 Å². The first kappa shape index (κ1) is 18.7. The van der Waals surface area contributed by atoms with Crippen LogP contribution in [0.3, 0.4) is 0 Å². The molecule has 0 atom stereocenters. The number of halogens is 1. The maximum atomic E-state index is 12.6. The standard InChI is InChI=1S/C20H18ClN3O3S/c21-15-5-2-1-4-14(15)16-12-28-20(22-16)23-18(25)13-7-9-24(10-8-13)19(26)17-6-3-11-27-17/h1-6,11-13H,7-10H2,(H,22,23,25). The van der Waals surface area contributed by atoms with E-state index < -0.39 is 0 Å². The summed E-state index contributed by atoms with van der Waals surface area (Å²) in [4.78, 5) is 31.1. The number of anilines is 1. The second kappa shape index (κ2) is 8.16. The molecule has 0 aliphatic carbocycles. The van der Waals surface area contributed by atoms with Crippen LogP contribution in [0.2, 0.25) is 5.02 Å². The van der Waals surface area contributed by atoms with Crippen molar-refractivity contribution in [2.75, 3.05) is 18.4 Å². The topological polar surface area (TPSA) is 75.4 Å². The van der Waals surface area contributed by atoms with E-state index in [1.165, 1.54) is 17.6 Å². The molecule has 3 heterocycles. The third kappa shape index (κ3) is 3.95. The molecule has 0 spiro atoms. The fourth-order valence-electron chi connectivity index (χ4n) is 3.23. The van der Waals surface area contributed by atoms with Crippen molar-refractivity contribution in [1.29, 1.82) is 0 Å². The van der Waals surface area contributed by atoms with Crippen LogP contribution in [-0.2, 0) is 4.79 Å². The molecule has 0 radical (unpaired) electrons. The van der Waals surface area contributed by atoms with Crippen molar-refractivity contribution in [3.63, 3.8) is 0 Å². The Morgan fingerprint density at radius 3 is 2.68 bits per heavy atom. The molecule has 2 aromatic heterocycles. The van der Waals surface area contributed by atoms with E-state index in [2.05, 4.69) is 10.3 Å². The number of likely N-dealkylation sites (tertiary alicyclic amines) is 1. The van der Waals surface area contributed by atoms with Crippen molar-refractivity contribution >= 4 is 39.9 Å². The zero-order chi connectivity index (χ0) is 19.5.